The van der Waals surface area contributed by atoms with Crippen LogP contribution in [-0.4, -0.2) is 48.1 Å². The largest absolute Gasteiger partial charge is 0.416 e. The number of aliphatic hydroxyl groups excluding tert-OH is 2. The molecule has 1 unspecified atom stereocenters. The van der Waals surface area contributed by atoms with E-state index in [0.29, 0.717) is 16.6 Å². The maximum Gasteiger partial charge on any atom is 0.416 e. The summed E-state index contributed by atoms with van der Waals surface area (Å²) in [6, 6.07) is 11.9. The van der Waals surface area contributed by atoms with Crippen LogP contribution in [-0.2, 0) is 29.0 Å². The predicted octanol–water partition coefficient (Wildman–Crippen LogP) is 5.29. The van der Waals surface area contributed by atoms with Crippen molar-refractivity contribution in [2.75, 3.05) is 19.0 Å². The van der Waals surface area contributed by atoms with E-state index in [2.05, 4.69) is 5.32 Å². The SMILES string of the molecule is CCS(=O)(=O)c1ccc(C(CO)NC(=O)c2cc3cc(Cc4ccc(Cl)cc4C(F)(F)F)n(CCO)c3cc2F)cc1. The molecule has 7 nitrogen and oxygen atoms in total. The molecular formula is C29H27ClF4N2O5S. The summed E-state index contributed by atoms with van der Waals surface area (Å²) in [5.41, 5.74) is -0.363. The van der Waals surface area contributed by atoms with Gasteiger partial charge in [0.2, 0.25) is 0 Å². The minimum atomic E-state index is -4.67. The molecule has 224 valence electrons. The lowest BCUT2D eigenvalue weighted by molar-refractivity contribution is -0.138. The van der Waals surface area contributed by atoms with Crippen LogP contribution in [0.4, 0.5) is 17.6 Å². The van der Waals surface area contributed by atoms with Gasteiger partial charge in [0.25, 0.3) is 5.91 Å². The standard InChI is InChI=1S/C29H27ClF4N2O5S/c1-2-42(40,41)22-7-4-17(5-8-22)26(16-38)35-28(39)23-13-19-12-21(36(9-10-37)27(19)15-25(23)31)11-18-3-6-20(30)14-24(18)29(32,33)34/h3-8,12-15,26,37-38H,2,9-11,16H2,1H3,(H,35,39). The molecule has 42 heavy (non-hydrogen) atoms. The van der Waals surface area contributed by atoms with Crippen LogP contribution in [0, 0.1) is 5.82 Å². The first-order chi connectivity index (χ1) is 19.8. The maximum absolute atomic E-state index is 15.2. The van der Waals surface area contributed by atoms with Crippen molar-refractivity contribution in [3.63, 3.8) is 0 Å². The number of carbonyl (C=O) groups excluding carboxylic acids is 1. The summed E-state index contributed by atoms with van der Waals surface area (Å²) in [5, 5.41) is 22.3. The monoisotopic (exact) mass is 626 g/mol. The van der Waals surface area contributed by atoms with E-state index in [1.54, 1.807) is 0 Å². The highest BCUT2D eigenvalue weighted by Crippen LogP contribution is 2.35. The average Bonchev–Trinajstić information content (AvgIpc) is 3.27. The maximum atomic E-state index is 15.2. The number of rotatable bonds is 10. The molecule has 1 heterocycles. The molecule has 1 aromatic heterocycles. The van der Waals surface area contributed by atoms with E-state index >= 15 is 4.39 Å². The lowest BCUT2D eigenvalue weighted by Crippen LogP contribution is -2.31. The second kappa shape index (κ2) is 12.4. The number of benzene rings is 3. The number of sulfone groups is 1. The molecule has 0 bridgehead atoms. The van der Waals surface area contributed by atoms with Gasteiger partial charge < -0.3 is 20.1 Å². The third kappa shape index (κ3) is 6.62. The van der Waals surface area contributed by atoms with Gasteiger partial charge in [-0.25, -0.2) is 12.8 Å². The van der Waals surface area contributed by atoms with E-state index in [9.17, 15) is 36.6 Å². The summed E-state index contributed by atoms with van der Waals surface area (Å²) in [4.78, 5) is 13.2. The summed E-state index contributed by atoms with van der Waals surface area (Å²) in [6.07, 6.45) is -4.88. The first-order valence-corrected chi connectivity index (χ1v) is 14.8. The lowest BCUT2D eigenvalue weighted by atomic mass is 10.0. The van der Waals surface area contributed by atoms with E-state index in [4.69, 9.17) is 11.6 Å². The van der Waals surface area contributed by atoms with Crippen molar-refractivity contribution >= 4 is 38.2 Å². The highest BCUT2D eigenvalue weighted by Gasteiger charge is 2.34. The summed E-state index contributed by atoms with van der Waals surface area (Å²) >= 11 is 5.79. The third-order valence-electron chi connectivity index (χ3n) is 6.90. The minimum absolute atomic E-state index is 0.0326. The molecule has 1 amide bonds. The third-order valence-corrected chi connectivity index (χ3v) is 8.89. The fourth-order valence-corrected chi connectivity index (χ4v) is 5.79. The predicted molar refractivity (Wildman–Crippen MR) is 150 cm³/mol. The quantitative estimate of drug-likeness (QED) is 0.207. The van der Waals surface area contributed by atoms with Gasteiger partial charge in [-0.2, -0.15) is 13.2 Å². The number of hydrogen-bond acceptors (Lipinski definition) is 5. The van der Waals surface area contributed by atoms with Gasteiger partial charge in [0.1, 0.15) is 5.82 Å². The molecule has 0 saturated heterocycles. The van der Waals surface area contributed by atoms with Crippen LogP contribution >= 0.6 is 11.6 Å². The zero-order valence-electron chi connectivity index (χ0n) is 22.3. The number of hydrogen-bond donors (Lipinski definition) is 3. The molecule has 3 aromatic carbocycles. The fourth-order valence-electron chi connectivity index (χ4n) is 4.73. The van der Waals surface area contributed by atoms with Crippen molar-refractivity contribution in [3.8, 4) is 0 Å². The van der Waals surface area contributed by atoms with Crippen LogP contribution < -0.4 is 5.32 Å². The molecule has 3 N–H and O–H groups in total. The van der Waals surface area contributed by atoms with Crippen molar-refractivity contribution in [3.05, 3.63) is 99.5 Å². The Morgan fingerprint density at radius 2 is 1.74 bits per heavy atom. The second-order valence-electron chi connectivity index (χ2n) is 9.56. The average molecular weight is 627 g/mol. The number of aromatic nitrogens is 1. The Morgan fingerprint density at radius 1 is 1.05 bits per heavy atom. The van der Waals surface area contributed by atoms with Gasteiger partial charge in [0, 0.05) is 29.1 Å². The van der Waals surface area contributed by atoms with Gasteiger partial charge in [-0.3, -0.25) is 4.79 Å². The summed E-state index contributed by atoms with van der Waals surface area (Å²) in [6.45, 7) is 0.540. The van der Waals surface area contributed by atoms with Crippen molar-refractivity contribution in [1.82, 2.24) is 9.88 Å². The fraction of sp³-hybridized carbons (Fsp3) is 0.276. The summed E-state index contributed by atoms with van der Waals surface area (Å²) in [5.74, 6) is -1.89. The van der Waals surface area contributed by atoms with Crippen LogP contribution in [0.15, 0.2) is 65.6 Å². The first-order valence-electron chi connectivity index (χ1n) is 12.8. The second-order valence-corrected chi connectivity index (χ2v) is 12.3. The molecule has 0 spiro atoms. The highest BCUT2D eigenvalue weighted by atomic mass is 35.5. The van der Waals surface area contributed by atoms with Crippen LogP contribution in [0.3, 0.4) is 0 Å². The van der Waals surface area contributed by atoms with E-state index in [1.807, 2.05) is 0 Å². The molecule has 4 aromatic rings. The van der Waals surface area contributed by atoms with E-state index < -0.39 is 46.0 Å². The highest BCUT2D eigenvalue weighted by molar-refractivity contribution is 7.91. The summed E-state index contributed by atoms with van der Waals surface area (Å²) < 4.78 is 81.9. The minimum Gasteiger partial charge on any atom is -0.395 e. The van der Waals surface area contributed by atoms with Crippen molar-refractivity contribution in [2.24, 2.45) is 0 Å². The van der Waals surface area contributed by atoms with E-state index in [1.165, 1.54) is 60.0 Å². The number of alkyl halides is 3. The van der Waals surface area contributed by atoms with Gasteiger partial charge in [0.15, 0.2) is 9.84 Å². The number of nitrogens with one attached hydrogen (secondary N) is 1. The van der Waals surface area contributed by atoms with E-state index in [0.717, 1.165) is 12.1 Å². The zero-order valence-corrected chi connectivity index (χ0v) is 23.8. The van der Waals surface area contributed by atoms with Gasteiger partial charge in [-0.05, 0) is 53.6 Å². The number of aliphatic hydroxyl groups is 2. The van der Waals surface area contributed by atoms with Crippen LogP contribution in [0.1, 0.15) is 45.7 Å². The van der Waals surface area contributed by atoms with Crippen LogP contribution in [0.25, 0.3) is 10.9 Å². The first kappa shape index (κ1) is 31.5. The Bertz CT molecular complexity index is 1720. The smallest absolute Gasteiger partial charge is 0.395 e. The van der Waals surface area contributed by atoms with Gasteiger partial charge in [0.05, 0.1) is 46.5 Å². The molecule has 0 radical (unpaired) electrons. The zero-order chi connectivity index (χ0) is 30.8. The molecule has 0 saturated carbocycles. The van der Waals surface area contributed by atoms with Gasteiger partial charge in [-0.15, -0.1) is 0 Å². The Balaban J connectivity index is 1.67. The number of nitrogens with zero attached hydrogens (tertiary/aromatic N) is 1. The number of fused-ring (bicyclic) bond motifs is 1. The Morgan fingerprint density at radius 3 is 2.33 bits per heavy atom. The topological polar surface area (TPSA) is 109 Å². The number of amides is 1. The molecule has 13 heteroatoms. The Labute approximate surface area is 244 Å². The van der Waals surface area contributed by atoms with Gasteiger partial charge >= 0.3 is 6.18 Å². The Kier molecular flexibility index (Phi) is 9.31. The molecule has 1 atom stereocenters. The van der Waals surface area contributed by atoms with Crippen LogP contribution in [0.2, 0.25) is 5.02 Å². The van der Waals surface area contributed by atoms with Crippen LogP contribution in [0.5, 0.6) is 0 Å². The number of halogens is 5. The molecule has 0 aliphatic carbocycles. The Hall–Kier alpha value is -3.45. The van der Waals surface area contributed by atoms with Crippen molar-refractivity contribution in [2.45, 2.75) is 37.0 Å². The van der Waals surface area contributed by atoms with Crippen molar-refractivity contribution in [1.29, 1.82) is 0 Å². The van der Waals surface area contributed by atoms with E-state index in [-0.39, 0.29) is 51.9 Å². The molecule has 0 aliphatic heterocycles. The molecular weight excluding hydrogens is 600 g/mol. The van der Waals surface area contributed by atoms with Crippen molar-refractivity contribution < 1.29 is 41.0 Å². The van der Waals surface area contributed by atoms with Gasteiger partial charge in [-0.1, -0.05) is 36.7 Å². The number of carbonyl (C=O) groups is 1. The molecule has 4 rings (SSSR count). The lowest BCUT2D eigenvalue weighted by Gasteiger charge is -2.18. The molecule has 0 aliphatic rings. The normalized spacial score (nSPS) is 13.0. The molecule has 0 fully saturated rings. The summed E-state index contributed by atoms with van der Waals surface area (Å²) in [7, 11) is -3.46.